The van der Waals surface area contributed by atoms with E-state index in [0.29, 0.717) is 16.9 Å². The van der Waals surface area contributed by atoms with Crippen molar-refractivity contribution in [2.75, 3.05) is 0 Å². The van der Waals surface area contributed by atoms with Crippen molar-refractivity contribution in [1.82, 2.24) is 0 Å². The molecule has 3 rings (SSSR count). The van der Waals surface area contributed by atoms with Gasteiger partial charge in [0, 0.05) is 0 Å². The Morgan fingerprint density at radius 3 is 2.36 bits per heavy atom. The summed E-state index contributed by atoms with van der Waals surface area (Å²) in [6, 6.07) is 7.45. The lowest BCUT2D eigenvalue weighted by molar-refractivity contribution is -0.0449. The molecule has 2 heteroatoms. The molecule has 2 nitrogen and oxygen atoms in total. The molecule has 0 saturated heterocycles. The van der Waals surface area contributed by atoms with E-state index in [2.05, 4.69) is 40.7 Å². The van der Waals surface area contributed by atoms with E-state index in [1.807, 2.05) is 12.1 Å². The van der Waals surface area contributed by atoms with Gasteiger partial charge in [0.1, 0.15) is 0 Å². The van der Waals surface area contributed by atoms with E-state index in [-0.39, 0.29) is 5.41 Å². The van der Waals surface area contributed by atoms with E-state index in [1.54, 1.807) is 12.1 Å². The second-order valence-electron chi connectivity index (χ2n) is 9.05. The molecular weight excluding hydrogens is 308 g/mol. The summed E-state index contributed by atoms with van der Waals surface area (Å²) >= 11 is 0. The lowest BCUT2D eigenvalue weighted by atomic mass is 9.46. The molecule has 0 spiro atoms. The van der Waals surface area contributed by atoms with Crippen molar-refractivity contribution >= 4 is 11.5 Å². The van der Waals surface area contributed by atoms with Crippen LogP contribution in [0.3, 0.4) is 0 Å². The number of benzene rings is 1. The van der Waals surface area contributed by atoms with Crippen LogP contribution < -0.4 is 0 Å². The van der Waals surface area contributed by atoms with Crippen LogP contribution in [0.4, 0.5) is 0 Å². The van der Waals surface area contributed by atoms with E-state index >= 15 is 0 Å². The fraction of sp³-hybridized carbons (Fsp3) is 0.609. The molecule has 1 aromatic carbocycles. The third-order valence-electron chi connectivity index (χ3n) is 7.43. The molecule has 136 valence electrons. The predicted molar refractivity (Wildman–Crippen MR) is 104 cm³/mol. The summed E-state index contributed by atoms with van der Waals surface area (Å²) in [5.74, 6) is 1.42. The van der Waals surface area contributed by atoms with Gasteiger partial charge in [-0.25, -0.2) is 4.79 Å². The van der Waals surface area contributed by atoms with Crippen LogP contribution in [0.15, 0.2) is 30.3 Å². The predicted octanol–water partition coefficient (Wildman–Crippen LogP) is 6.28. The number of hydrogen-bond donors (Lipinski definition) is 1. The van der Waals surface area contributed by atoms with E-state index in [1.165, 1.54) is 30.4 Å². The first-order valence-corrected chi connectivity index (χ1v) is 9.76. The maximum absolute atomic E-state index is 11.1. The number of carboxylic acids is 1. The Bertz CT molecular complexity index is 683. The van der Waals surface area contributed by atoms with Crippen molar-refractivity contribution < 1.29 is 9.90 Å². The first-order valence-electron chi connectivity index (χ1n) is 9.76. The highest BCUT2D eigenvalue weighted by atomic mass is 16.4. The Morgan fingerprint density at radius 2 is 1.80 bits per heavy atom. The number of fused-ring (bicyclic) bond motifs is 1. The molecule has 0 aromatic heterocycles. The van der Waals surface area contributed by atoms with Gasteiger partial charge in [-0.2, -0.15) is 0 Å². The van der Waals surface area contributed by atoms with Crippen molar-refractivity contribution in [3.8, 4) is 0 Å². The second kappa shape index (κ2) is 6.30. The number of allylic oxidation sites excluding steroid dienone is 2. The third kappa shape index (κ3) is 2.84. The fourth-order valence-electron chi connectivity index (χ4n) is 6.27. The maximum Gasteiger partial charge on any atom is 0.335 e. The van der Waals surface area contributed by atoms with Crippen LogP contribution in [0.5, 0.6) is 0 Å². The molecule has 2 aliphatic carbocycles. The van der Waals surface area contributed by atoms with E-state index in [9.17, 15) is 4.79 Å². The molecule has 4 unspecified atom stereocenters. The molecule has 0 heterocycles. The zero-order chi connectivity index (χ0) is 18.4. The minimum Gasteiger partial charge on any atom is -0.478 e. The summed E-state index contributed by atoms with van der Waals surface area (Å²) in [6.07, 6.45) is 7.48. The van der Waals surface area contributed by atoms with E-state index in [0.717, 1.165) is 18.3 Å². The minimum absolute atomic E-state index is 0.116. The van der Waals surface area contributed by atoms with Crippen LogP contribution in [0.2, 0.25) is 0 Å². The first-order chi connectivity index (χ1) is 11.7. The van der Waals surface area contributed by atoms with E-state index in [4.69, 9.17) is 5.11 Å². The van der Waals surface area contributed by atoms with Crippen molar-refractivity contribution in [3.05, 3.63) is 41.5 Å². The largest absolute Gasteiger partial charge is 0.478 e. The number of hydrogen-bond acceptors (Lipinski definition) is 1. The van der Waals surface area contributed by atoms with Gasteiger partial charge in [0.2, 0.25) is 0 Å². The Balaban J connectivity index is 2.00. The molecule has 4 atom stereocenters. The highest BCUT2D eigenvalue weighted by molar-refractivity contribution is 5.88. The molecule has 0 aliphatic heterocycles. The number of carboxylic acid groups (broad SMARTS) is 1. The molecule has 1 N–H and O–H groups in total. The lowest BCUT2D eigenvalue weighted by Crippen LogP contribution is -2.50. The Labute approximate surface area is 152 Å². The Hall–Kier alpha value is -1.57. The molecular formula is C23H32O2. The van der Waals surface area contributed by atoms with Gasteiger partial charge in [0.25, 0.3) is 0 Å². The van der Waals surface area contributed by atoms with Crippen molar-refractivity contribution in [1.29, 1.82) is 0 Å². The van der Waals surface area contributed by atoms with Crippen LogP contribution in [-0.4, -0.2) is 11.1 Å². The first kappa shape index (κ1) is 18.2. The van der Waals surface area contributed by atoms with Crippen molar-refractivity contribution in [2.45, 2.75) is 60.3 Å². The summed E-state index contributed by atoms with van der Waals surface area (Å²) in [6.45, 7) is 12.1. The molecule has 1 saturated carbocycles. The summed E-state index contributed by atoms with van der Waals surface area (Å²) in [5, 5.41) is 9.14. The van der Waals surface area contributed by atoms with Gasteiger partial charge in [-0.1, -0.05) is 65.7 Å². The van der Waals surface area contributed by atoms with Gasteiger partial charge in [0.05, 0.1) is 5.56 Å². The second-order valence-corrected chi connectivity index (χ2v) is 9.05. The monoisotopic (exact) mass is 340 g/mol. The van der Waals surface area contributed by atoms with E-state index < -0.39 is 5.97 Å². The Morgan fingerprint density at radius 1 is 1.16 bits per heavy atom. The zero-order valence-corrected chi connectivity index (χ0v) is 16.3. The zero-order valence-electron chi connectivity index (χ0n) is 16.3. The number of rotatable bonds is 3. The van der Waals surface area contributed by atoms with Crippen LogP contribution in [-0.2, 0) is 0 Å². The summed E-state index contributed by atoms with van der Waals surface area (Å²) < 4.78 is 0. The van der Waals surface area contributed by atoms with Crippen LogP contribution in [0, 0.1) is 28.6 Å². The van der Waals surface area contributed by atoms with Gasteiger partial charge in [-0.15, -0.1) is 0 Å². The molecule has 2 aliphatic rings. The summed E-state index contributed by atoms with van der Waals surface area (Å²) in [5.41, 5.74) is 3.44. The van der Waals surface area contributed by atoms with Crippen LogP contribution >= 0.6 is 0 Å². The smallest absolute Gasteiger partial charge is 0.335 e. The molecule has 1 fully saturated rings. The summed E-state index contributed by atoms with van der Waals surface area (Å²) in [4.78, 5) is 11.1. The molecule has 1 aromatic rings. The molecule has 0 bridgehead atoms. The van der Waals surface area contributed by atoms with Gasteiger partial charge in [-0.05, 0) is 64.7 Å². The standard InChI is InChI=1S/C23H32O2/c1-6-18-15(2)7-12-20-22(3,4)19(13-14-23(18,20)5)16-8-10-17(11-9-16)21(24)25/h8-11,13,15,18,20H,6-7,12,14H2,1-5H3,(H,24,25). The van der Waals surface area contributed by atoms with Crippen molar-refractivity contribution in [3.63, 3.8) is 0 Å². The average Bonchev–Trinajstić information content (AvgIpc) is 2.54. The number of aromatic carboxylic acids is 1. The third-order valence-corrected chi connectivity index (χ3v) is 7.43. The maximum atomic E-state index is 11.1. The SMILES string of the molecule is CCC1C(C)CCC2C(C)(C)C(c3ccc(C(=O)O)cc3)=CCC12C. The van der Waals surface area contributed by atoms with Gasteiger partial charge >= 0.3 is 5.97 Å². The highest BCUT2D eigenvalue weighted by Crippen LogP contribution is 2.63. The normalized spacial score (nSPS) is 34.1. The highest BCUT2D eigenvalue weighted by Gasteiger charge is 2.53. The van der Waals surface area contributed by atoms with Crippen LogP contribution in [0.1, 0.15) is 76.2 Å². The molecule has 0 amide bonds. The quantitative estimate of drug-likeness (QED) is 0.703. The van der Waals surface area contributed by atoms with Crippen molar-refractivity contribution in [2.24, 2.45) is 28.6 Å². The topological polar surface area (TPSA) is 37.3 Å². The molecule has 25 heavy (non-hydrogen) atoms. The lowest BCUT2D eigenvalue weighted by Gasteiger charge is -2.58. The van der Waals surface area contributed by atoms with Gasteiger partial charge in [-0.3, -0.25) is 0 Å². The number of carbonyl (C=O) groups is 1. The minimum atomic E-state index is -0.858. The van der Waals surface area contributed by atoms with Gasteiger partial charge < -0.3 is 5.11 Å². The molecule has 0 radical (unpaired) electrons. The fourth-order valence-corrected chi connectivity index (χ4v) is 6.27. The van der Waals surface area contributed by atoms with Gasteiger partial charge in [0.15, 0.2) is 0 Å². The summed E-state index contributed by atoms with van der Waals surface area (Å²) in [7, 11) is 0. The van der Waals surface area contributed by atoms with Crippen LogP contribution in [0.25, 0.3) is 5.57 Å². The average molecular weight is 341 g/mol. The Kier molecular flexibility index (Phi) is 4.59.